The Morgan fingerprint density at radius 2 is 1.77 bits per heavy atom. The summed E-state index contributed by atoms with van der Waals surface area (Å²) in [6, 6.07) is 12.4. The van der Waals surface area contributed by atoms with Crippen LogP contribution in [-0.2, 0) is 0 Å². The highest BCUT2D eigenvalue weighted by Gasteiger charge is 2.19. The molecular formula is C21H29N5. The number of benzene rings is 1. The smallest absolute Gasteiger partial charge is 0.227 e. The highest BCUT2D eigenvalue weighted by molar-refractivity contribution is 5.48. The molecule has 0 unspecified atom stereocenters. The van der Waals surface area contributed by atoms with Crippen LogP contribution in [-0.4, -0.2) is 53.1 Å². The third-order valence-corrected chi connectivity index (χ3v) is 4.27. The summed E-state index contributed by atoms with van der Waals surface area (Å²) in [5.41, 5.74) is 1.25. The Hall–Kier alpha value is -2.40. The molecule has 5 heteroatoms. The molecule has 0 radical (unpaired) electrons. The molecular weight excluding hydrogens is 322 g/mol. The Bertz CT molecular complexity index is 713. The number of hydrogen-bond donors (Lipinski definition) is 1. The first-order valence-corrected chi connectivity index (χ1v) is 9.30. The van der Waals surface area contributed by atoms with Crippen molar-refractivity contribution < 1.29 is 0 Å². The summed E-state index contributed by atoms with van der Waals surface area (Å²) in [5.74, 6) is 1.70. The number of nitrogens with zero attached hydrogens (tertiary/aromatic N) is 4. The maximum absolute atomic E-state index is 4.68. The van der Waals surface area contributed by atoms with Gasteiger partial charge in [-0.15, -0.1) is 0 Å². The molecule has 3 rings (SSSR count). The van der Waals surface area contributed by atoms with Gasteiger partial charge < -0.3 is 10.2 Å². The van der Waals surface area contributed by atoms with E-state index in [4.69, 9.17) is 0 Å². The van der Waals surface area contributed by atoms with Crippen LogP contribution in [0.2, 0.25) is 0 Å². The van der Waals surface area contributed by atoms with E-state index < -0.39 is 0 Å². The Kier molecular flexibility index (Phi) is 5.89. The van der Waals surface area contributed by atoms with Gasteiger partial charge >= 0.3 is 0 Å². The minimum Gasteiger partial charge on any atom is -0.365 e. The average Bonchev–Trinajstić information content (AvgIpc) is 2.62. The molecule has 0 aliphatic carbocycles. The minimum absolute atomic E-state index is 0.00455. The van der Waals surface area contributed by atoms with Gasteiger partial charge in [0.2, 0.25) is 5.95 Å². The zero-order valence-corrected chi connectivity index (χ0v) is 16.0. The summed E-state index contributed by atoms with van der Waals surface area (Å²) >= 11 is 0. The van der Waals surface area contributed by atoms with Crippen molar-refractivity contribution >= 4 is 17.8 Å². The maximum atomic E-state index is 4.68. The van der Waals surface area contributed by atoms with Gasteiger partial charge in [-0.1, -0.05) is 42.5 Å². The molecule has 0 amide bonds. The lowest BCUT2D eigenvalue weighted by atomic mass is 10.1. The summed E-state index contributed by atoms with van der Waals surface area (Å²) < 4.78 is 0. The molecule has 1 aromatic heterocycles. The molecule has 1 N–H and O–H groups in total. The molecule has 1 aliphatic rings. The molecule has 1 aliphatic heterocycles. The van der Waals surface area contributed by atoms with Gasteiger partial charge in [-0.25, -0.2) is 4.98 Å². The van der Waals surface area contributed by atoms with E-state index in [9.17, 15) is 0 Å². The van der Waals surface area contributed by atoms with Gasteiger partial charge in [-0.3, -0.25) is 4.90 Å². The number of aromatic nitrogens is 2. The normalized spacial score (nSPS) is 16.2. The lowest BCUT2D eigenvalue weighted by Crippen LogP contribution is -2.47. The fourth-order valence-corrected chi connectivity index (χ4v) is 2.99. The van der Waals surface area contributed by atoms with Crippen LogP contribution in [0.4, 0.5) is 11.8 Å². The number of piperazine rings is 1. The van der Waals surface area contributed by atoms with E-state index in [-0.39, 0.29) is 5.54 Å². The molecule has 2 heterocycles. The van der Waals surface area contributed by atoms with Crippen molar-refractivity contribution in [2.24, 2.45) is 0 Å². The van der Waals surface area contributed by atoms with Crippen molar-refractivity contribution in [1.29, 1.82) is 0 Å². The van der Waals surface area contributed by atoms with Crippen LogP contribution in [0.25, 0.3) is 6.08 Å². The van der Waals surface area contributed by atoms with Gasteiger partial charge in [-0.05, 0) is 32.4 Å². The second kappa shape index (κ2) is 8.32. The second-order valence-corrected chi connectivity index (χ2v) is 7.72. The summed E-state index contributed by atoms with van der Waals surface area (Å²) in [5, 5.41) is 3.42. The third-order valence-electron chi connectivity index (χ3n) is 4.27. The van der Waals surface area contributed by atoms with Crippen molar-refractivity contribution in [1.82, 2.24) is 14.9 Å². The minimum atomic E-state index is -0.00455. The van der Waals surface area contributed by atoms with Crippen LogP contribution in [0.15, 0.2) is 48.7 Å². The first kappa shape index (κ1) is 18.4. The number of rotatable bonds is 5. The van der Waals surface area contributed by atoms with E-state index in [2.05, 4.69) is 82.3 Å². The average molecular weight is 351 g/mol. The Morgan fingerprint density at radius 3 is 2.46 bits per heavy atom. The number of hydrogen-bond acceptors (Lipinski definition) is 5. The summed E-state index contributed by atoms with van der Waals surface area (Å²) in [4.78, 5) is 13.9. The Labute approximate surface area is 156 Å². The molecule has 1 fully saturated rings. The SMILES string of the molecule is CC(C)(C)Nc1ccnc(N2CCN(C/C=C/c3ccccc3)CC2)n1. The summed E-state index contributed by atoms with van der Waals surface area (Å²) in [7, 11) is 0. The molecule has 1 aromatic carbocycles. The van der Waals surface area contributed by atoms with Gasteiger partial charge in [0.25, 0.3) is 0 Å². The quantitative estimate of drug-likeness (QED) is 0.893. The van der Waals surface area contributed by atoms with Crippen molar-refractivity contribution in [2.45, 2.75) is 26.3 Å². The molecule has 5 nitrogen and oxygen atoms in total. The van der Waals surface area contributed by atoms with Crippen LogP contribution in [0.3, 0.4) is 0 Å². The second-order valence-electron chi connectivity index (χ2n) is 7.72. The predicted molar refractivity (Wildman–Crippen MR) is 110 cm³/mol. The van der Waals surface area contributed by atoms with Crippen LogP contribution in [0.5, 0.6) is 0 Å². The molecule has 26 heavy (non-hydrogen) atoms. The number of anilines is 2. The van der Waals surface area contributed by atoms with Gasteiger partial charge in [0.15, 0.2) is 0 Å². The number of nitrogens with one attached hydrogen (secondary N) is 1. The van der Waals surface area contributed by atoms with Crippen LogP contribution in [0.1, 0.15) is 26.3 Å². The van der Waals surface area contributed by atoms with Crippen LogP contribution in [0, 0.1) is 0 Å². The molecule has 1 saturated heterocycles. The van der Waals surface area contributed by atoms with E-state index in [0.29, 0.717) is 0 Å². The zero-order chi connectivity index (χ0) is 18.4. The fourth-order valence-electron chi connectivity index (χ4n) is 2.99. The lowest BCUT2D eigenvalue weighted by Gasteiger charge is -2.34. The van der Waals surface area contributed by atoms with Crippen molar-refractivity contribution in [3.63, 3.8) is 0 Å². The van der Waals surface area contributed by atoms with Gasteiger partial charge in [0, 0.05) is 44.5 Å². The Morgan fingerprint density at radius 1 is 1.04 bits per heavy atom. The van der Waals surface area contributed by atoms with E-state index >= 15 is 0 Å². The first-order valence-electron chi connectivity index (χ1n) is 9.30. The van der Waals surface area contributed by atoms with E-state index in [1.165, 1.54) is 5.56 Å². The monoisotopic (exact) mass is 351 g/mol. The molecule has 0 bridgehead atoms. The molecule has 0 spiro atoms. The first-order chi connectivity index (χ1) is 12.5. The van der Waals surface area contributed by atoms with Crippen molar-refractivity contribution in [2.75, 3.05) is 42.9 Å². The predicted octanol–water partition coefficient (Wildman–Crippen LogP) is 3.52. The van der Waals surface area contributed by atoms with Crippen LogP contribution < -0.4 is 10.2 Å². The van der Waals surface area contributed by atoms with E-state index in [1.807, 2.05) is 18.3 Å². The molecule has 2 aromatic rings. The zero-order valence-electron chi connectivity index (χ0n) is 16.0. The van der Waals surface area contributed by atoms with Gasteiger partial charge in [-0.2, -0.15) is 4.98 Å². The standard InChI is InChI=1S/C21H29N5/c1-21(2,3)24-19-11-12-22-20(23-19)26-16-14-25(15-17-26)13-7-10-18-8-5-4-6-9-18/h4-12H,13-17H2,1-3H3,(H,22,23,24)/b10-7+. The lowest BCUT2D eigenvalue weighted by molar-refractivity contribution is 0.283. The largest absolute Gasteiger partial charge is 0.365 e. The molecule has 0 saturated carbocycles. The highest BCUT2D eigenvalue weighted by Crippen LogP contribution is 2.16. The summed E-state index contributed by atoms with van der Waals surface area (Å²) in [6.45, 7) is 11.4. The van der Waals surface area contributed by atoms with Crippen molar-refractivity contribution in [3.8, 4) is 0 Å². The highest BCUT2D eigenvalue weighted by atomic mass is 15.3. The third kappa shape index (κ3) is 5.56. The Balaban J connectivity index is 1.51. The van der Waals surface area contributed by atoms with E-state index in [0.717, 1.165) is 44.5 Å². The molecule has 138 valence electrons. The van der Waals surface area contributed by atoms with Crippen molar-refractivity contribution in [3.05, 3.63) is 54.2 Å². The van der Waals surface area contributed by atoms with E-state index in [1.54, 1.807) is 0 Å². The van der Waals surface area contributed by atoms with Gasteiger partial charge in [0.1, 0.15) is 5.82 Å². The summed E-state index contributed by atoms with van der Waals surface area (Å²) in [6.07, 6.45) is 6.28. The topological polar surface area (TPSA) is 44.3 Å². The van der Waals surface area contributed by atoms with Gasteiger partial charge in [0.05, 0.1) is 0 Å². The van der Waals surface area contributed by atoms with Crippen LogP contribution >= 0.6 is 0 Å². The molecule has 0 atom stereocenters. The fraction of sp³-hybridized carbons (Fsp3) is 0.429. The maximum Gasteiger partial charge on any atom is 0.227 e.